The Morgan fingerprint density at radius 3 is 2.90 bits per heavy atom. The van der Waals surface area contributed by atoms with Gasteiger partial charge in [0, 0.05) is 6.54 Å². The maximum atomic E-state index is 10.2. The molecule has 0 spiro atoms. The molecular formula is C6H12N2O2. The standard InChI is InChI=1S/C6H12N2O2/c1-8-2-6(8)7-5(3-9)4-10/h3,5-7,10H,2,4H2,1H3/t5-,6+,8-/m1/s1. The fourth-order valence-corrected chi connectivity index (χ4v) is 0.788. The molecule has 1 aliphatic rings. The number of nitrogens with zero attached hydrogens (tertiary/aromatic N) is 1. The fraction of sp³-hybridized carbons (Fsp3) is 0.833. The summed E-state index contributed by atoms with van der Waals surface area (Å²) in [5, 5.41) is 11.5. The van der Waals surface area contributed by atoms with E-state index in [0.29, 0.717) is 6.17 Å². The van der Waals surface area contributed by atoms with Crippen molar-refractivity contribution in [3.8, 4) is 0 Å². The van der Waals surface area contributed by atoms with E-state index >= 15 is 0 Å². The molecule has 0 saturated carbocycles. The number of aldehydes is 1. The third-order valence-electron chi connectivity index (χ3n) is 1.63. The average Bonchev–Trinajstić information content (AvgIpc) is 2.62. The lowest BCUT2D eigenvalue weighted by Crippen LogP contribution is -2.37. The van der Waals surface area contributed by atoms with Gasteiger partial charge in [-0.1, -0.05) is 0 Å². The molecule has 0 bridgehead atoms. The summed E-state index contributed by atoms with van der Waals surface area (Å²) in [5.74, 6) is 0. The minimum Gasteiger partial charge on any atom is -0.394 e. The predicted molar refractivity (Wildman–Crippen MR) is 36.5 cm³/mol. The highest BCUT2D eigenvalue weighted by Crippen LogP contribution is 2.09. The van der Waals surface area contributed by atoms with Crippen molar-refractivity contribution in [3.05, 3.63) is 0 Å². The molecule has 0 radical (unpaired) electrons. The Kier molecular flexibility index (Phi) is 2.37. The fourth-order valence-electron chi connectivity index (χ4n) is 0.788. The number of aliphatic hydroxyl groups is 1. The SMILES string of the molecule is C[N@]1C[C@H]1N[C@H](C=O)CO. The summed E-state index contributed by atoms with van der Waals surface area (Å²) in [6.45, 7) is 0.845. The van der Waals surface area contributed by atoms with Gasteiger partial charge in [-0.2, -0.15) is 0 Å². The number of rotatable bonds is 4. The van der Waals surface area contributed by atoms with E-state index in [1.165, 1.54) is 0 Å². The van der Waals surface area contributed by atoms with Crippen LogP contribution in [0.15, 0.2) is 0 Å². The first-order valence-corrected chi connectivity index (χ1v) is 3.30. The van der Waals surface area contributed by atoms with Crippen molar-refractivity contribution in [2.24, 2.45) is 0 Å². The molecule has 4 heteroatoms. The molecular weight excluding hydrogens is 132 g/mol. The minimum absolute atomic E-state index is 0.117. The second-order valence-corrected chi connectivity index (χ2v) is 2.55. The van der Waals surface area contributed by atoms with Gasteiger partial charge in [0.05, 0.1) is 18.8 Å². The molecule has 58 valence electrons. The summed E-state index contributed by atoms with van der Waals surface area (Å²) in [6.07, 6.45) is 1.02. The molecule has 0 aromatic heterocycles. The maximum absolute atomic E-state index is 10.2. The molecule has 2 N–H and O–H groups in total. The number of carbonyl (C=O) groups is 1. The van der Waals surface area contributed by atoms with Gasteiger partial charge in [0.15, 0.2) is 0 Å². The van der Waals surface area contributed by atoms with Crippen LogP contribution in [0, 0.1) is 0 Å². The highest BCUT2D eigenvalue weighted by Gasteiger charge is 2.30. The van der Waals surface area contributed by atoms with Crippen LogP contribution in [0.3, 0.4) is 0 Å². The van der Waals surface area contributed by atoms with E-state index in [1.807, 2.05) is 11.9 Å². The number of carbonyl (C=O) groups excluding carboxylic acids is 1. The van der Waals surface area contributed by atoms with Gasteiger partial charge >= 0.3 is 0 Å². The van der Waals surface area contributed by atoms with Gasteiger partial charge < -0.3 is 9.90 Å². The molecule has 10 heavy (non-hydrogen) atoms. The lowest BCUT2D eigenvalue weighted by atomic mass is 10.3. The molecule has 0 aliphatic carbocycles. The summed E-state index contributed by atoms with van der Waals surface area (Å²) in [4.78, 5) is 12.2. The van der Waals surface area contributed by atoms with Crippen LogP contribution in [0.5, 0.6) is 0 Å². The molecule has 0 aromatic carbocycles. The molecule has 1 fully saturated rings. The van der Waals surface area contributed by atoms with Gasteiger partial charge in [-0.3, -0.25) is 10.2 Å². The highest BCUT2D eigenvalue weighted by atomic mass is 16.3. The monoisotopic (exact) mass is 144 g/mol. The van der Waals surface area contributed by atoms with Crippen molar-refractivity contribution < 1.29 is 9.90 Å². The van der Waals surface area contributed by atoms with Crippen molar-refractivity contribution in [1.82, 2.24) is 10.2 Å². The Labute approximate surface area is 59.8 Å². The maximum Gasteiger partial charge on any atom is 0.139 e. The highest BCUT2D eigenvalue weighted by molar-refractivity contribution is 5.57. The zero-order chi connectivity index (χ0) is 7.56. The van der Waals surface area contributed by atoms with Crippen LogP contribution in [0.1, 0.15) is 0 Å². The molecule has 0 amide bonds. The molecule has 0 aromatic rings. The van der Waals surface area contributed by atoms with Crippen LogP contribution >= 0.6 is 0 Å². The molecule has 1 aliphatic heterocycles. The Morgan fingerprint density at radius 2 is 2.60 bits per heavy atom. The van der Waals surface area contributed by atoms with Gasteiger partial charge in [0.1, 0.15) is 6.29 Å². The zero-order valence-corrected chi connectivity index (χ0v) is 5.95. The van der Waals surface area contributed by atoms with Crippen molar-refractivity contribution in [3.63, 3.8) is 0 Å². The second-order valence-electron chi connectivity index (χ2n) is 2.55. The van der Waals surface area contributed by atoms with Gasteiger partial charge in [-0.05, 0) is 7.05 Å². The van der Waals surface area contributed by atoms with E-state index < -0.39 is 6.04 Å². The van der Waals surface area contributed by atoms with Crippen LogP contribution in [-0.4, -0.2) is 48.7 Å². The number of nitrogens with one attached hydrogen (secondary N) is 1. The van der Waals surface area contributed by atoms with Crippen LogP contribution in [0.2, 0.25) is 0 Å². The minimum atomic E-state index is -0.394. The summed E-state index contributed by atoms with van der Waals surface area (Å²) in [6, 6.07) is -0.394. The van der Waals surface area contributed by atoms with Crippen molar-refractivity contribution in [1.29, 1.82) is 0 Å². The summed E-state index contributed by atoms with van der Waals surface area (Å²) in [5.41, 5.74) is 0. The molecule has 1 saturated heterocycles. The van der Waals surface area contributed by atoms with Crippen molar-refractivity contribution >= 4 is 6.29 Å². The summed E-state index contributed by atoms with van der Waals surface area (Å²) in [7, 11) is 1.96. The Morgan fingerprint density at radius 1 is 2.00 bits per heavy atom. The molecule has 1 heterocycles. The zero-order valence-electron chi connectivity index (χ0n) is 5.95. The normalized spacial score (nSPS) is 33.4. The first-order valence-electron chi connectivity index (χ1n) is 3.30. The largest absolute Gasteiger partial charge is 0.394 e. The van der Waals surface area contributed by atoms with Crippen molar-refractivity contribution in [2.75, 3.05) is 20.2 Å². The lowest BCUT2D eigenvalue weighted by molar-refractivity contribution is -0.110. The Bertz CT molecular complexity index is 129. The van der Waals surface area contributed by atoms with E-state index in [1.54, 1.807) is 0 Å². The summed E-state index contributed by atoms with van der Waals surface area (Å²) < 4.78 is 0. The second kappa shape index (κ2) is 3.09. The third-order valence-corrected chi connectivity index (χ3v) is 1.63. The number of likely N-dealkylation sites (N-methyl/N-ethyl adjacent to an activating group) is 1. The number of hydrogen-bond acceptors (Lipinski definition) is 4. The summed E-state index contributed by atoms with van der Waals surface area (Å²) >= 11 is 0. The molecule has 0 unspecified atom stereocenters. The molecule has 4 nitrogen and oxygen atoms in total. The molecule has 1 rings (SSSR count). The van der Waals surface area contributed by atoms with Gasteiger partial charge in [0.2, 0.25) is 0 Å². The Balaban J connectivity index is 2.16. The van der Waals surface area contributed by atoms with E-state index in [4.69, 9.17) is 5.11 Å². The van der Waals surface area contributed by atoms with Crippen LogP contribution < -0.4 is 5.32 Å². The van der Waals surface area contributed by atoms with E-state index in [9.17, 15) is 4.79 Å². The van der Waals surface area contributed by atoms with Crippen molar-refractivity contribution in [2.45, 2.75) is 12.2 Å². The smallest absolute Gasteiger partial charge is 0.139 e. The first kappa shape index (κ1) is 7.65. The van der Waals surface area contributed by atoms with Gasteiger partial charge in [-0.25, -0.2) is 0 Å². The Hall–Kier alpha value is -0.450. The first-order chi connectivity index (χ1) is 4.77. The van der Waals surface area contributed by atoms with Crippen LogP contribution in [0.25, 0.3) is 0 Å². The quantitative estimate of drug-likeness (QED) is 0.369. The van der Waals surface area contributed by atoms with Crippen LogP contribution in [0.4, 0.5) is 0 Å². The lowest BCUT2D eigenvalue weighted by Gasteiger charge is -2.06. The molecule has 3 atom stereocenters. The number of aliphatic hydroxyl groups excluding tert-OH is 1. The predicted octanol–water partition coefficient (Wildman–Crippen LogP) is -1.59. The topological polar surface area (TPSA) is 52.3 Å². The van der Waals surface area contributed by atoms with Gasteiger partial charge in [-0.15, -0.1) is 0 Å². The third kappa shape index (κ3) is 1.76. The number of hydrogen-bond donors (Lipinski definition) is 2. The van der Waals surface area contributed by atoms with E-state index in [-0.39, 0.29) is 6.61 Å². The van der Waals surface area contributed by atoms with E-state index in [2.05, 4.69) is 5.32 Å². The average molecular weight is 144 g/mol. The van der Waals surface area contributed by atoms with Gasteiger partial charge in [0.25, 0.3) is 0 Å². The van der Waals surface area contributed by atoms with E-state index in [0.717, 1.165) is 12.8 Å². The van der Waals surface area contributed by atoms with Crippen LogP contribution in [-0.2, 0) is 4.79 Å².